The molecule has 0 spiro atoms. The highest BCUT2D eigenvalue weighted by Gasteiger charge is 2.10. The molecule has 5 heteroatoms. The Morgan fingerprint density at radius 2 is 2.11 bits per heavy atom. The third kappa shape index (κ3) is 2.50. The van der Waals surface area contributed by atoms with Crippen molar-refractivity contribution in [2.75, 3.05) is 17.2 Å². The topological polar surface area (TPSA) is 37.0 Å². The summed E-state index contributed by atoms with van der Waals surface area (Å²) in [7, 11) is 0. The molecular weight excluding hydrogens is 248 g/mol. The molecule has 1 aromatic heterocycles. The summed E-state index contributed by atoms with van der Waals surface area (Å²) in [6, 6.07) is 6.58. The van der Waals surface area contributed by atoms with Crippen LogP contribution in [0, 0.1) is 11.6 Å². The zero-order chi connectivity index (χ0) is 13.2. The third-order valence-corrected chi connectivity index (χ3v) is 3.11. The number of hydrogen-bond donors (Lipinski definition) is 2. The van der Waals surface area contributed by atoms with E-state index in [1.54, 1.807) is 0 Å². The van der Waals surface area contributed by atoms with Gasteiger partial charge < -0.3 is 10.6 Å². The quantitative estimate of drug-likeness (QED) is 0.869. The second kappa shape index (κ2) is 4.84. The second-order valence-corrected chi connectivity index (χ2v) is 4.51. The summed E-state index contributed by atoms with van der Waals surface area (Å²) >= 11 is 0. The molecule has 1 aliphatic heterocycles. The molecule has 2 aromatic rings. The normalized spacial score (nSPS) is 13.6. The minimum Gasteiger partial charge on any atom is -0.385 e. The Kier molecular flexibility index (Phi) is 3.03. The Balaban J connectivity index is 1.87. The van der Waals surface area contributed by atoms with E-state index in [0.717, 1.165) is 43.0 Å². The van der Waals surface area contributed by atoms with Crippen molar-refractivity contribution in [2.45, 2.75) is 12.8 Å². The summed E-state index contributed by atoms with van der Waals surface area (Å²) in [6.45, 7) is 0.980. The number of hydrogen-bond acceptors (Lipinski definition) is 3. The summed E-state index contributed by atoms with van der Waals surface area (Å²) in [5.41, 5.74) is 3.06. The number of pyridine rings is 1. The zero-order valence-corrected chi connectivity index (χ0v) is 10.2. The largest absolute Gasteiger partial charge is 0.385 e. The first-order chi connectivity index (χ1) is 9.22. The van der Waals surface area contributed by atoms with Gasteiger partial charge in [0.05, 0.1) is 6.20 Å². The lowest BCUT2D eigenvalue weighted by Crippen LogP contribution is -2.11. The van der Waals surface area contributed by atoms with Gasteiger partial charge in [-0.15, -0.1) is 0 Å². The first kappa shape index (κ1) is 11.9. The molecule has 0 atom stereocenters. The van der Waals surface area contributed by atoms with Crippen LogP contribution < -0.4 is 10.6 Å². The smallest absolute Gasteiger partial charge is 0.168 e. The monoisotopic (exact) mass is 261 g/mol. The molecule has 19 heavy (non-hydrogen) atoms. The van der Waals surface area contributed by atoms with Crippen LogP contribution >= 0.6 is 0 Å². The van der Waals surface area contributed by atoms with Gasteiger partial charge in [0.15, 0.2) is 11.6 Å². The second-order valence-electron chi connectivity index (χ2n) is 4.51. The summed E-state index contributed by atoms with van der Waals surface area (Å²) < 4.78 is 26.3. The molecule has 1 aliphatic rings. The molecule has 3 rings (SSSR count). The molecule has 98 valence electrons. The molecule has 0 aliphatic carbocycles. The van der Waals surface area contributed by atoms with Crippen molar-refractivity contribution in [3.63, 3.8) is 0 Å². The van der Waals surface area contributed by atoms with Crippen LogP contribution in [0.15, 0.2) is 30.5 Å². The number of halogens is 2. The minimum atomic E-state index is -0.698. The van der Waals surface area contributed by atoms with Gasteiger partial charge in [-0.3, -0.25) is 0 Å². The van der Waals surface area contributed by atoms with Crippen molar-refractivity contribution in [1.29, 1.82) is 0 Å². The number of nitrogens with one attached hydrogen (secondary N) is 2. The predicted octanol–water partition coefficient (Wildman–Crippen LogP) is 3.46. The molecule has 2 heterocycles. The van der Waals surface area contributed by atoms with Crippen molar-refractivity contribution in [2.24, 2.45) is 0 Å². The van der Waals surface area contributed by atoms with E-state index in [-0.39, 0.29) is 5.82 Å². The van der Waals surface area contributed by atoms with Gasteiger partial charge in [0.1, 0.15) is 5.82 Å². The Morgan fingerprint density at radius 3 is 2.95 bits per heavy atom. The van der Waals surface area contributed by atoms with Gasteiger partial charge in [-0.1, -0.05) is 0 Å². The maximum atomic E-state index is 13.5. The molecule has 0 bridgehead atoms. The number of aromatic nitrogens is 1. The summed E-state index contributed by atoms with van der Waals surface area (Å²) in [4.78, 5) is 3.71. The van der Waals surface area contributed by atoms with Gasteiger partial charge >= 0.3 is 0 Å². The summed E-state index contributed by atoms with van der Waals surface area (Å²) in [6.07, 6.45) is 3.07. The molecule has 1 aromatic carbocycles. The Labute approximate surface area is 109 Å². The molecule has 0 unspecified atom stereocenters. The van der Waals surface area contributed by atoms with Crippen LogP contribution in [0.5, 0.6) is 0 Å². The molecule has 0 amide bonds. The van der Waals surface area contributed by atoms with Crippen LogP contribution in [0.3, 0.4) is 0 Å². The van der Waals surface area contributed by atoms with Crippen LogP contribution in [0.2, 0.25) is 0 Å². The SMILES string of the molecule is Fc1cnc(Nc2ccc3c(c2)CCCN3)c(F)c1. The van der Waals surface area contributed by atoms with E-state index in [4.69, 9.17) is 0 Å². The highest BCUT2D eigenvalue weighted by molar-refractivity contribution is 5.64. The van der Waals surface area contributed by atoms with Crippen LogP contribution in [-0.2, 0) is 6.42 Å². The standard InChI is InChI=1S/C14H13F2N3/c15-10-7-12(16)14(18-8-10)19-11-3-4-13-9(6-11)2-1-5-17-13/h3-4,6-8,17H,1-2,5H2,(H,18,19). The molecule has 0 saturated carbocycles. The average molecular weight is 261 g/mol. The number of fused-ring (bicyclic) bond motifs is 1. The van der Waals surface area contributed by atoms with E-state index < -0.39 is 11.6 Å². The zero-order valence-electron chi connectivity index (χ0n) is 10.2. The lowest BCUT2D eigenvalue weighted by Gasteiger charge is -2.19. The number of nitrogens with zero attached hydrogens (tertiary/aromatic N) is 1. The van der Waals surface area contributed by atoms with Crippen molar-refractivity contribution < 1.29 is 8.78 Å². The number of rotatable bonds is 2. The molecule has 3 nitrogen and oxygen atoms in total. The number of benzene rings is 1. The third-order valence-electron chi connectivity index (χ3n) is 3.11. The molecule has 2 N–H and O–H groups in total. The summed E-state index contributed by atoms with van der Waals surface area (Å²) in [5.74, 6) is -1.35. The number of anilines is 3. The van der Waals surface area contributed by atoms with Gasteiger partial charge in [-0.25, -0.2) is 13.8 Å². The van der Waals surface area contributed by atoms with Gasteiger partial charge in [-0.2, -0.15) is 0 Å². The predicted molar refractivity (Wildman–Crippen MR) is 70.7 cm³/mol. The maximum Gasteiger partial charge on any atom is 0.168 e. The first-order valence-corrected chi connectivity index (χ1v) is 6.17. The Morgan fingerprint density at radius 1 is 1.21 bits per heavy atom. The van der Waals surface area contributed by atoms with Crippen LogP contribution in [-0.4, -0.2) is 11.5 Å². The van der Waals surface area contributed by atoms with E-state index in [9.17, 15) is 8.78 Å². The molecular formula is C14H13F2N3. The minimum absolute atomic E-state index is 0.0325. The molecule has 0 fully saturated rings. The highest BCUT2D eigenvalue weighted by Crippen LogP contribution is 2.27. The lowest BCUT2D eigenvalue weighted by molar-refractivity contribution is 0.576. The van der Waals surface area contributed by atoms with Gasteiger partial charge in [0.2, 0.25) is 0 Å². The van der Waals surface area contributed by atoms with E-state index in [2.05, 4.69) is 15.6 Å². The summed E-state index contributed by atoms with van der Waals surface area (Å²) in [5, 5.41) is 6.17. The van der Waals surface area contributed by atoms with E-state index in [1.807, 2.05) is 18.2 Å². The number of aryl methyl sites for hydroxylation is 1. The average Bonchev–Trinajstić information content (AvgIpc) is 2.42. The van der Waals surface area contributed by atoms with Crippen molar-refractivity contribution >= 4 is 17.2 Å². The molecule has 0 radical (unpaired) electrons. The van der Waals surface area contributed by atoms with Crippen LogP contribution in [0.1, 0.15) is 12.0 Å². The van der Waals surface area contributed by atoms with Crippen LogP contribution in [0.4, 0.5) is 26.0 Å². The Hall–Kier alpha value is -2.17. The lowest BCUT2D eigenvalue weighted by atomic mass is 10.0. The van der Waals surface area contributed by atoms with Gasteiger partial charge in [0.25, 0.3) is 0 Å². The Bertz CT molecular complexity index is 614. The van der Waals surface area contributed by atoms with Crippen molar-refractivity contribution in [3.05, 3.63) is 47.7 Å². The fourth-order valence-electron chi connectivity index (χ4n) is 2.20. The fourth-order valence-corrected chi connectivity index (χ4v) is 2.20. The molecule has 0 saturated heterocycles. The van der Waals surface area contributed by atoms with E-state index in [0.29, 0.717) is 0 Å². The first-order valence-electron chi connectivity index (χ1n) is 6.17. The highest BCUT2D eigenvalue weighted by atomic mass is 19.1. The van der Waals surface area contributed by atoms with Gasteiger partial charge in [0, 0.05) is 24.0 Å². The maximum absolute atomic E-state index is 13.5. The van der Waals surface area contributed by atoms with Crippen LogP contribution in [0.25, 0.3) is 0 Å². The fraction of sp³-hybridized carbons (Fsp3) is 0.214. The van der Waals surface area contributed by atoms with Crippen molar-refractivity contribution in [1.82, 2.24) is 4.98 Å². The van der Waals surface area contributed by atoms with Gasteiger partial charge in [-0.05, 0) is 36.6 Å². The van der Waals surface area contributed by atoms with E-state index >= 15 is 0 Å². The van der Waals surface area contributed by atoms with E-state index in [1.165, 1.54) is 5.56 Å². The van der Waals surface area contributed by atoms with Crippen molar-refractivity contribution in [3.8, 4) is 0 Å².